The predicted octanol–water partition coefficient (Wildman–Crippen LogP) is -0.587. The van der Waals surface area contributed by atoms with E-state index in [-0.39, 0.29) is 12.6 Å². The van der Waals surface area contributed by atoms with Crippen LogP contribution < -0.4 is 16.1 Å². The van der Waals surface area contributed by atoms with Crippen molar-refractivity contribution in [2.24, 2.45) is 0 Å². The first-order valence-corrected chi connectivity index (χ1v) is 3.67. The fraction of sp³-hybridized carbons (Fsp3) is 0.286. The Labute approximate surface area is 73.3 Å². The number of ether oxygens (including phenoxy) is 1. The average Bonchev–Trinajstić information content (AvgIpc) is 2.03. The van der Waals surface area contributed by atoms with Crippen molar-refractivity contribution >= 4 is 0 Å². The fourth-order valence-corrected chi connectivity index (χ4v) is 0.665. The number of hydrogen-bond acceptors (Lipinski definition) is 4. The molecule has 0 atom stereocenters. The summed E-state index contributed by atoms with van der Waals surface area (Å²) in [5.41, 5.74) is -1.35. The lowest BCUT2D eigenvalue weighted by molar-refractivity contribution is 0.328. The summed E-state index contributed by atoms with van der Waals surface area (Å²) >= 11 is 0. The largest absolute Gasteiger partial charge is 0.460 e. The second-order valence-corrected chi connectivity index (χ2v) is 2.18. The molecule has 0 aliphatic heterocycles. The zero-order valence-corrected chi connectivity index (χ0v) is 7.03. The lowest BCUT2D eigenvalue weighted by Gasteiger charge is -1.98. The van der Waals surface area contributed by atoms with Gasteiger partial charge >= 0.3 is 17.4 Å². The molecule has 70 valence electrons. The molecule has 0 bridgehead atoms. The van der Waals surface area contributed by atoms with Crippen LogP contribution in [-0.2, 0) is 0 Å². The first-order valence-electron chi connectivity index (χ1n) is 3.67. The summed E-state index contributed by atoms with van der Waals surface area (Å²) < 4.78 is 4.93. The summed E-state index contributed by atoms with van der Waals surface area (Å²) in [6.45, 7) is 2.10. The molecule has 0 unspecified atom stereocenters. The number of nitrogens with zero attached hydrogens (tertiary/aromatic N) is 1. The topological polar surface area (TPSA) is 87.8 Å². The van der Waals surface area contributed by atoms with E-state index >= 15 is 0 Å². The molecule has 6 heteroatoms. The minimum atomic E-state index is -0.723. The molecule has 13 heavy (non-hydrogen) atoms. The number of aromatic amines is 2. The Kier molecular flexibility index (Phi) is 3.02. The Morgan fingerprint density at radius 2 is 2.23 bits per heavy atom. The van der Waals surface area contributed by atoms with E-state index in [1.165, 1.54) is 0 Å². The van der Waals surface area contributed by atoms with Gasteiger partial charge in [-0.2, -0.15) is 0 Å². The first kappa shape index (κ1) is 9.24. The number of hydrogen-bond donors (Lipinski definition) is 2. The standard InChI is InChI=1S/C7H9N3O3/c1-2-3-4-13-7-9-5(11)8-6(12)10-7/h2-3H,4H2,1H3,(H2,8,9,10,11,12). The van der Waals surface area contributed by atoms with Crippen LogP contribution in [-0.4, -0.2) is 21.6 Å². The van der Waals surface area contributed by atoms with Crippen LogP contribution >= 0.6 is 0 Å². The number of aromatic nitrogens is 3. The van der Waals surface area contributed by atoms with E-state index in [2.05, 4.69) is 9.97 Å². The molecule has 0 saturated carbocycles. The van der Waals surface area contributed by atoms with Gasteiger partial charge in [0.25, 0.3) is 0 Å². The molecule has 0 fully saturated rings. The average molecular weight is 183 g/mol. The van der Waals surface area contributed by atoms with Gasteiger partial charge in [0.05, 0.1) is 0 Å². The molecule has 0 spiro atoms. The highest BCUT2D eigenvalue weighted by molar-refractivity contribution is 4.90. The lowest BCUT2D eigenvalue weighted by atomic mass is 10.6. The molecule has 1 heterocycles. The van der Waals surface area contributed by atoms with Crippen LogP contribution in [0.5, 0.6) is 6.01 Å². The molecule has 1 aromatic heterocycles. The fourth-order valence-electron chi connectivity index (χ4n) is 0.665. The normalized spacial score (nSPS) is 10.5. The minimum Gasteiger partial charge on any atom is -0.460 e. The van der Waals surface area contributed by atoms with Gasteiger partial charge in [-0.25, -0.2) is 9.59 Å². The molecular formula is C7H9N3O3. The van der Waals surface area contributed by atoms with Crippen LogP contribution in [0.1, 0.15) is 6.92 Å². The number of H-pyrrole nitrogens is 2. The van der Waals surface area contributed by atoms with E-state index in [0.717, 1.165) is 0 Å². The van der Waals surface area contributed by atoms with Crippen LogP contribution in [0.2, 0.25) is 0 Å². The molecule has 1 rings (SSSR count). The third-order valence-corrected chi connectivity index (χ3v) is 1.20. The van der Waals surface area contributed by atoms with Gasteiger partial charge in [0, 0.05) is 0 Å². The van der Waals surface area contributed by atoms with Crippen LogP contribution in [0.25, 0.3) is 0 Å². The molecule has 0 amide bonds. The first-order chi connectivity index (χ1) is 6.22. The van der Waals surface area contributed by atoms with E-state index < -0.39 is 11.4 Å². The van der Waals surface area contributed by atoms with Gasteiger partial charge < -0.3 is 4.74 Å². The third-order valence-electron chi connectivity index (χ3n) is 1.20. The molecule has 2 N–H and O–H groups in total. The summed E-state index contributed by atoms with van der Waals surface area (Å²) in [6, 6.07) is -0.0770. The summed E-state index contributed by atoms with van der Waals surface area (Å²) in [5, 5.41) is 0. The van der Waals surface area contributed by atoms with Gasteiger partial charge in [-0.3, -0.25) is 9.97 Å². The van der Waals surface area contributed by atoms with E-state index in [0.29, 0.717) is 0 Å². The SMILES string of the molecule is CC=CCOc1nc(=O)[nH]c(=O)[nH]1. The van der Waals surface area contributed by atoms with Gasteiger partial charge in [-0.15, -0.1) is 4.98 Å². The van der Waals surface area contributed by atoms with Gasteiger partial charge in [0.15, 0.2) is 0 Å². The Bertz CT molecular complexity index is 376. The van der Waals surface area contributed by atoms with Crippen LogP contribution in [0.3, 0.4) is 0 Å². The summed E-state index contributed by atoms with van der Waals surface area (Å²) in [5.74, 6) is 0. The van der Waals surface area contributed by atoms with Gasteiger partial charge in [0.1, 0.15) is 6.61 Å². The van der Waals surface area contributed by atoms with Crippen LogP contribution in [0.15, 0.2) is 21.7 Å². The van der Waals surface area contributed by atoms with Crippen molar-refractivity contribution in [3.63, 3.8) is 0 Å². The highest BCUT2D eigenvalue weighted by atomic mass is 16.5. The Hall–Kier alpha value is -1.85. The number of nitrogens with one attached hydrogen (secondary N) is 2. The van der Waals surface area contributed by atoms with Crippen molar-refractivity contribution in [3.05, 3.63) is 33.1 Å². The van der Waals surface area contributed by atoms with Crippen molar-refractivity contribution in [2.75, 3.05) is 6.61 Å². The van der Waals surface area contributed by atoms with E-state index in [1.807, 2.05) is 11.9 Å². The zero-order valence-electron chi connectivity index (χ0n) is 7.03. The second kappa shape index (κ2) is 4.24. The maximum atomic E-state index is 10.7. The maximum absolute atomic E-state index is 10.7. The van der Waals surface area contributed by atoms with Crippen molar-refractivity contribution < 1.29 is 4.74 Å². The number of allylic oxidation sites excluding steroid dienone is 1. The monoisotopic (exact) mass is 183 g/mol. The molecule has 0 aliphatic rings. The molecular weight excluding hydrogens is 174 g/mol. The second-order valence-electron chi connectivity index (χ2n) is 2.18. The van der Waals surface area contributed by atoms with Gasteiger partial charge in [-0.05, 0) is 6.92 Å². The van der Waals surface area contributed by atoms with Gasteiger partial charge in [-0.1, -0.05) is 12.2 Å². The maximum Gasteiger partial charge on any atom is 0.353 e. The molecule has 0 radical (unpaired) electrons. The van der Waals surface area contributed by atoms with Crippen LogP contribution in [0.4, 0.5) is 0 Å². The Balaban J connectivity index is 2.78. The predicted molar refractivity (Wildman–Crippen MR) is 45.8 cm³/mol. The zero-order chi connectivity index (χ0) is 9.68. The summed E-state index contributed by atoms with van der Waals surface area (Å²) in [6.07, 6.45) is 3.51. The van der Waals surface area contributed by atoms with Gasteiger partial charge in [0.2, 0.25) is 0 Å². The van der Waals surface area contributed by atoms with E-state index in [9.17, 15) is 9.59 Å². The number of rotatable bonds is 3. The molecule has 6 nitrogen and oxygen atoms in total. The molecule has 0 aliphatic carbocycles. The van der Waals surface area contributed by atoms with E-state index in [4.69, 9.17) is 4.74 Å². The highest BCUT2D eigenvalue weighted by Crippen LogP contribution is 1.90. The molecule has 0 saturated heterocycles. The molecule has 1 aromatic rings. The highest BCUT2D eigenvalue weighted by Gasteiger charge is 1.96. The summed E-state index contributed by atoms with van der Waals surface area (Å²) in [7, 11) is 0. The lowest BCUT2D eigenvalue weighted by Crippen LogP contribution is -2.25. The Morgan fingerprint density at radius 1 is 1.46 bits per heavy atom. The summed E-state index contributed by atoms with van der Waals surface area (Å²) in [4.78, 5) is 28.9. The van der Waals surface area contributed by atoms with E-state index in [1.54, 1.807) is 12.2 Å². The van der Waals surface area contributed by atoms with Crippen molar-refractivity contribution in [1.29, 1.82) is 0 Å². The van der Waals surface area contributed by atoms with Crippen molar-refractivity contribution in [2.45, 2.75) is 6.92 Å². The molecule has 0 aromatic carbocycles. The minimum absolute atomic E-state index is 0.0770. The van der Waals surface area contributed by atoms with Crippen molar-refractivity contribution in [3.8, 4) is 6.01 Å². The Morgan fingerprint density at radius 3 is 2.85 bits per heavy atom. The third kappa shape index (κ3) is 2.94. The quantitative estimate of drug-likeness (QED) is 0.613. The smallest absolute Gasteiger partial charge is 0.353 e. The van der Waals surface area contributed by atoms with Crippen LogP contribution in [0, 0.1) is 0 Å². The van der Waals surface area contributed by atoms with Crippen molar-refractivity contribution in [1.82, 2.24) is 15.0 Å².